The van der Waals surface area contributed by atoms with Gasteiger partial charge in [-0.15, -0.1) is 0 Å². The summed E-state index contributed by atoms with van der Waals surface area (Å²) in [4.78, 5) is 11.7. The van der Waals surface area contributed by atoms with E-state index < -0.39 is 27.7 Å². The molecule has 11 heteroatoms. The molecule has 3 aromatic carbocycles. The zero-order valence-electron chi connectivity index (χ0n) is 24.1. The smallest absolute Gasteiger partial charge is 0.416 e. The van der Waals surface area contributed by atoms with Gasteiger partial charge in [-0.25, -0.2) is 8.42 Å². The summed E-state index contributed by atoms with van der Waals surface area (Å²) in [5.41, 5.74) is 2.41. The number of methoxy groups -OCH3 is 1. The number of benzene rings is 3. The number of hydrogen-bond acceptors (Lipinski definition) is 6. The maximum Gasteiger partial charge on any atom is 0.416 e. The molecule has 0 atom stereocenters. The van der Waals surface area contributed by atoms with Crippen molar-refractivity contribution in [2.75, 3.05) is 19.0 Å². The number of halogens is 3. The third-order valence-corrected chi connectivity index (χ3v) is 8.78. The Hall–Kier alpha value is -4.09. The first kappa shape index (κ1) is 31.8. The molecule has 0 radical (unpaired) electrons. The number of allylic oxidation sites excluding steroid dienone is 3. The molecule has 0 amide bonds. The van der Waals surface area contributed by atoms with Crippen LogP contribution in [-0.4, -0.2) is 32.3 Å². The van der Waals surface area contributed by atoms with Gasteiger partial charge in [-0.05, 0) is 85.2 Å². The number of ether oxygens (including phenoxy) is 2. The molecule has 0 spiro atoms. The van der Waals surface area contributed by atoms with Crippen LogP contribution in [0.5, 0.6) is 5.75 Å². The monoisotopic (exact) mass is 614 g/mol. The number of aryl methyl sites for hydroxylation is 1. The average molecular weight is 615 g/mol. The van der Waals surface area contributed by atoms with E-state index in [9.17, 15) is 26.4 Å². The number of carbonyl (C=O) groups is 1. The van der Waals surface area contributed by atoms with E-state index in [4.69, 9.17) is 9.47 Å². The summed E-state index contributed by atoms with van der Waals surface area (Å²) in [5.74, 6) is 0.122. The van der Waals surface area contributed by atoms with Gasteiger partial charge in [0.2, 0.25) is 10.0 Å². The second kappa shape index (κ2) is 13.5. The van der Waals surface area contributed by atoms with E-state index in [1.54, 1.807) is 25.1 Å². The predicted octanol–water partition coefficient (Wildman–Crippen LogP) is 7.51. The standard InChI is InChI=1S/C32H33F3N2O5S/c1-4-37(43(39,40)29-14-12-26(13-15-29)36-27-9-5-7-22(2)17-27)21-24-20-25(32(33,34)35)11-16-30(24)42-28-10-6-8-23(18-28)19-31(38)41-3/h5,7-9,11-18,20,36H,4,6,10,19,21H2,1-3H3. The van der Waals surface area contributed by atoms with Gasteiger partial charge in [0.05, 0.1) is 24.0 Å². The number of alkyl halides is 3. The molecule has 0 aromatic heterocycles. The molecule has 0 fully saturated rings. The van der Waals surface area contributed by atoms with Gasteiger partial charge < -0.3 is 14.8 Å². The van der Waals surface area contributed by atoms with Crippen LogP contribution >= 0.6 is 0 Å². The number of carbonyl (C=O) groups excluding carboxylic acids is 1. The van der Waals surface area contributed by atoms with E-state index in [-0.39, 0.29) is 35.7 Å². The topological polar surface area (TPSA) is 84.9 Å². The number of esters is 1. The molecule has 228 valence electrons. The van der Waals surface area contributed by atoms with Gasteiger partial charge in [0.1, 0.15) is 11.5 Å². The van der Waals surface area contributed by atoms with Gasteiger partial charge in [0, 0.05) is 36.4 Å². The summed E-state index contributed by atoms with van der Waals surface area (Å²) in [6.07, 6.45) is -0.0521. The number of sulfonamides is 1. The normalized spacial score (nSPS) is 13.7. The largest absolute Gasteiger partial charge is 0.469 e. The van der Waals surface area contributed by atoms with Crippen molar-refractivity contribution in [3.63, 3.8) is 0 Å². The molecule has 43 heavy (non-hydrogen) atoms. The highest BCUT2D eigenvalue weighted by molar-refractivity contribution is 7.89. The molecule has 0 aliphatic heterocycles. The van der Waals surface area contributed by atoms with E-state index in [1.165, 1.54) is 25.3 Å². The van der Waals surface area contributed by atoms with Crippen molar-refractivity contribution in [1.29, 1.82) is 0 Å². The van der Waals surface area contributed by atoms with Crippen molar-refractivity contribution >= 4 is 27.4 Å². The van der Waals surface area contributed by atoms with Gasteiger partial charge in [0.25, 0.3) is 0 Å². The van der Waals surface area contributed by atoms with E-state index >= 15 is 0 Å². The summed E-state index contributed by atoms with van der Waals surface area (Å²) in [5, 5.41) is 3.22. The SMILES string of the molecule is CCN(Cc1cc(C(F)(F)F)ccc1OC1=CC(CC(=O)OC)=CCC1)S(=O)(=O)c1ccc(Nc2cccc(C)c2)cc1. The zero-order chi connectivity index (χ0) is 31.2. The second-order valence-electron chi connectivity index (χ2n) is 10.1. The van der Waals surface area contributed by atoms with Gasteiger partial charge in [-0.3, -0.25) is 4.79 Å². The molecule has 1 aliphatic carbocycles. The number of nitrogens with one attached hydrogen (secondary N) is 1. The third kappa shape index (κ3) is 8.26. The van der Waals surface area contributed by atoms with Crippen LogP contribution in [0.2, 0.25) is 0 Å². The number of anilines is 2. The van der Waals surface area contributed by atoms with Crippen LogP contribution in [0.3, 0.4) is 0 Å². The first-order valence-electron chi connectivity index (χ1n) is 13.7. The highest BCUT2D eigenvalue weighted by Gasteiger charge is 2.32. The Balaban J connectivity index is 1.59. The van der Waals surface area contributed by atoms with Gasteiger partial charge in [-0.2, -0.15) is 17.5 Å². The maximum absolute atomic E-state index is 13.7. The fraction of sp³-hybridized carbons (Fsp3) is 0.281. The molecule has 3 aromatic rings. The highest BCUT2D eigenvalue weighted by atomic mass is 32.2. The Bertz CT molecular complexity index is 1630. The minimum atomic E-state index is -4.64. The number of hydrogen-bond donors (Lipinski definition) is 1. The lowest BCUT2D eigenvalue weighted by Gasteiger charge is -2.24. The van der Waals surface area contributed by atoms with Crippen LogP contribution < -0.4 is 10.1 Å². The van der Waals surface area contributed by atoms with E-state index in [2.05, 4.69) is 5.32 Å². The van der Waals surface area contributed by atoms with Gasteiger partial charge in [-0.1, -0.05) is 25.1 Å². The molecule has 7 nitrogen and oxygen atoms in total. The van der Waals surface area contributed by atoms with Crippen LogP contribution in [-0.2, 0) is 32.3 Å². The van der Waals surface area contributed by atoms with Crippen molar-refractivity contribution in [1.82, 2.24) is 4.31 Å². The summed E-state index contributed by atoms with van der Waals surface area (Å²) in [7, 11) is -2.79. The van der Waals surface area contributed by atoms with Crippen LogP contribution in [0.1, 0.15) is 42.9 Å². The zero-order valence-corrected chi connectivity index (χ0v) is 24.9. The van der Waals surface area contributed by atoms with E-state index in [1.807, 2.05) is 37.3 Å². The Morgan fingerprint density at radius 3 is 2.42 bits per heavy atom. The van der Waals surface area contributed by atoms with Crippen molar-refractivity contribution in [3.05, 3.63) is 107 Å². The lowest BCUT2D eigenvalue weighted by atomic mass is 10.0. The molecule has 0 saturated heterocycles. The molecular formula is C32H33F3N2O5S. The van der Waals surface area contributed by atoms with Crippen molar-refractivity contribution in [2.24, 2.45) is 0 Å². The Kier molecular flexibility index (Phi) is 9.98. The molecule has 0 heterocycles. The number of nitrogens with zero attached hydrogens (tertiary/aromatic N) is 1. The lowest BCUT2D eigenvalue weighted by molar-refractivity contribution is -0.140. The molecule has 1 N–H and O–H groups in total. The molecule has 0 saturated carbocycles. The Labute approximate surface area is 249 Å². The summed E-state index contributed by atoms with van der Waals surface area (Å²) in [6.45, 7) is 3.25. The third-order valence-electron chi connectivity index (χ3n) is 6.85. The molecule has 0 bridgehead atoms. The van der Waals surface area contributed by atoms with E-state index in [0.29, 0.717) is 29.9 Å². The van der Waals surface area contributed by atoms with Crippen LogP contribution in [0.25, 0.3) is 0 Å². The van der Waals surface area contributed by atoms with Crippen LogP contribution in [0.15, 0.2) is 95.1 Å². The van der Waals surface area contributed by atoms with Crippen molar-refractivity contribution < 1.29 is 35.9 Å². The molecule has 0 unspecified atom stereocenters. The quantitative estimate of drug-likeness (QED) is 0.225. The lowest BCUT2D eigenvalue weighted by Crippen LogP contribution is -2.30. The van der Waals surface area contributed by atoms with E-state index in [0.717, 1.165) is 27.7 Å². The number of rotatable bonds is 11. The average Bonchev–Trinajstić information content (AvgIpc) is 2.96. The van der Waals surface area contributed by atoms with Crippen molar-refractivity contribution in [3.8, 4) is 5.75 Å². The van der Waals surface area contributed by atoms with Gasteiger partial charge >= 0.3 is 12.1 Å². The first-order valence-corrected chi connectivity index (χ1v) is 15.1. The fourth-order valence-corrected chi connectivity index (χ4v) is 6.03. The van der Waals surface area contributed by atoms with Crippen LogP contribution in [0.4, 0.5) is 24.5 Å². The maximum atomic E-state index is 13.7. The highest BCUT2D eigenvalue weighted by Crippen LogP contribution is 2.35. The second-order valence-corrected chi connectivity index (χ2v) is 12.0. The van der Waals surface area contributed by atoms with Gasteiger partial charge in [0.15, 0.2) is 0 Å². The molecular weight excluding hydrogens is 581 g/mol. The minimum absolute atomic E-state index is 0.00571. The van der Waals surface area contributed by atoms with Crippen LogP contribution in [0, 0.1) is 6.92 Å². The summed E-state index contributed by atoms with van der Waals surface area (Å²) < 4.78 is 80.0. The summed E-state index contributed by atoms with van der Waals surface area (Å²) in [6, 6.07) is 16.9. The minimum Gasteiger partial charge on any atom is -0.469 e. The van der Waals surface area contributed by atoms with Crippen molar-refractivity contribution in [2.45, 2.75) is 50.7 Å². The summed E-state index contributed by atoms with van der Waals surface area (Å²) >= 11 is 0. The predicted molar refractivity (Wildman–Crippen MR) is 158 cm³/mol. The first-order chi connectivity index (χ1) is 20.4. The molecule has 1 aliphatic rings. The Morgan fingerprint density at radius 1 is 1.02 bits per heavy atom. The molecule has 4 rings (SSSR count). The Morgan fingerprint density at radius 2 is 1.77 bits per heavy atom. The fourth-order valence-electron chi connectivity index (χ4n) is 4.61.